The quantitative estimate of drug-likeness (QED) is 0.633. The van der Waals surface area contributed by atoms with Gasteiger partial charge in [0.2, 0.25) is 0 Å². The molecule has 0 fully saturated rings. The van der Waals surface area contributed by atoms with Gasteiger partial charge in [-0.2, -0.15) is 0 Å². The first-order valence-electron chi connectivity index (χ1n) is 5.47. The van der Waals surface area contributed by atoms with Gasteiger partial charge >= 0.3 is 0 Å². The van der Waals surface area contributed by atoms with Crippen LogP contribution in [0.2, 0.25) is 0 Å². The molecule has 1 aromatic rings. The largest absolute Gasteiger partial charge is 0.367 e. The van der Waals surface area contributed by atoms with Gasteiger partial charge in [0.25, 0.3) is 0 Å². The topological polar surface area (TPSA) is 15.8 Å². The zero-order valence-electron chi connectivity index (χ0n) is 8.84. The number of aromatic amines is 1. The Morgan fingerprint density at radius 2 is 2.15 bits per heavy atom. The summed E-state index contributed by atoms with van der Waals surface area (Å²) in [4.78, 5) is 3.11. The van der Waals surface area contributed by atoms with Crippen molar-refractivity contribution in [2.45, 2.75) is 51.9 Å². The van der Waals surface area contributed by atoms with Crippen LogP contribution < -0.4 is 0 Å². The predicted octanol–water partition coefficient (Wildman–Crippen LogP) is 4.09. The molecule has 1 heteroatoms. The molecule has 1 rings (SSSR count). The number of H-pyrrole nitrogens is 1. The molecule has 1 unspecified atom stereocenters. The molecule has 1 atom stereocenters. The number of aromatic nitrogens is 1. The molecule has 1 aromatic heterocycles. The van der Waals surface area contributed by atoms with Crippen LogP contribution in [0.5, 0.6) is 0 Å². The Morgan fingerprint density at radius 3 is 2.77 bits per heavy atom. The van der Waals surface area contributed by atoms with Crippen LogP contribution in [-0.4, -0.2) is 4.98 Å². The van der Waals surface area contributed by atoms with Crippen LogP contribution in [0.4, 0.5) is 0 Å². The summed E-state index contributed by atoms with van der Waals surface area (Å²) >= 11 is 0. The van der Waals surface area contributed by atoms with Crippen molar-refractivity contribution in [1.29, 1.82) is 0 Å². The third kappa shape index (κ3) is 3.67. The van der Waals surface area contributed by atoms with E-state index in [1.807, 2.05) is 6.20 Å². The molecule has 0 aliphatic carbocycles. The zero-order valence-corrected chi connectivity index (χ0v) is 8.84. The van der Waals surface area contributed by atoms with Crippen molar-refractivity contribution >= 4 is 0 Å². The summed E-state index contributed by atoms with van der Waals surface area (Å²) in [7, 11) is 0. The molecule has 0 radical (unpaired) electrons. The minimum Gasteiger partial charge on any atom is -0.367 e. The van der Waals surface area contributed by atoms with Gasteiger partial charge in [0, 0.05) is 12.4 Å². The van der Waals surface area contributed by atoms with Crippen LogP contribution in [0.15, 0.2) is 18.5 Å². The van der Waals surface area contributed by atoms with Gasteiger partial charge < -0.3 is 4.98 Å². The van der Waals surface area contributed by atoms with Crippen molar-refractivity contribution in [3.05, 3.63) is 24.0 Å². The molecule has 1 N–H and O–H groups in total. The highest BCUT2D eigenvalue weighted by atomic mass is 14.6. The van der Waals surface area contributed by atoms with Crippen molar-refractivity contribution in [3.8, 4) is 0 Å². The SMILES string of the molecule is CCCCCCC(C)c1cc[nH]c1. The molecule has 74 valence electrons. The van der Waals surface area contributed by atoms with Gasteiger partial charge in [0.05, 0.1) is 0 Å². The second-order valence-electron chi connectivity index (χ2n) is 3.89. The average molecular weight is 179 g/mol. The Balaban J connectivity index is 2.15. The second-order valence-corrected chi connectivity index (χ2v) is 3.89. The monoisotopic (exact) mass is 179 g/mol. The molecular weight excluding hydrogens is 158 g/mol. The van der Waals surface area contributed by atoms with E-state index in [0.717, 1.165) is 5.92 Å². The van der Waals surface area contributed by atoms with Crippen LogP contribution in [-0.2, 0) is 0 Å². The minimum absolute atomic E-state index is 0.725. The number of hydrogen-bond donors (Lipinski definition) is 1. The lowest BCUT2D eigenvalue weighted by molar-refractivity contribution is 0.580. The molecule has 0 bridgehead atoms. The van der Waals surface area contributed by atoms with Crippen molar-refractivity contribution in [2.75, 3.05) is 0 Å². The molecule has 0 saturated heterocycles. The van der Waals surface area contributed by atoms with Gasteiger partial charge in [-0.25, -0.2) is 0 Å². The van der Waals surface area contributed by atoms with Crippen LogP contribution in [0.3, 0.4) is 0 Å². The molecule has 0 aromatic carbocycles. The van der Waals surface area contributed by atoms with Crippen molar-refractivity contribution in [2.24, 2.45) is 0 Å². The Bertz CT molecular complexity index is 201. The Hall–Kier alpha value is -0.720. The molecule has 0 spiro atoms. The number of unbranched alkanes of at least 4 members (excludes halogenated alkanes) is 3. The van der Waals surface area contributed by atoms with Gasteiger partial charge in [-0.05, 0) is 24.0 Å². The lowest BCUT2D eigenvalue weighted by Crippen LogP contribution is -1.91. The second kappa shape index (κ2) is 5.85. The fraction of sp³-hybridized carbons (Fsp3) is 0.667. The molecule has 0 aliphatic rings. The standard InChI is InChI=1S/C12H21N/c1-3-4-5-6-7-11(2)12-8-9-13-10-12/h8-11,13H,3-7H2,1-2H3. The zero-order chi connectivity index (χ0) is 9.52. The van der Waals surface area contributed by atoms with Crippen LogP contribution in [0, 0.1) is 0 Å². The molecule has 1 nitrogen and oxygen atoms in total. The van der Waals surface area contributed by atoms with E-state index in [1.165, 1.54) is 37.7 Å². The highest BCUT2D eigenvalue weighted by Crippen LogP contribution is 2.21. The van der Waals surface area contributed by atoms with Crippen molar-refractivity contribution in [3.63, 3.8) is 0 Å². The van der Waals surface area contributed by atoms with E-state index >= 15 is 0 Å². The van der Waals surface area contributed by atoms with E-state index in [0.29, 0.717) is 0 Å². The summed E-state index contributed by atoms with van der Waals surface area (Å²) in [5.41, 5.74) is 1.46. The molecule has 0 saturated carbocycles. The van der Waals surface area contributed by atoms with E-state index in [2.05, 4.69) is 31.1 Å². The lowest BCUT2D eigenvalue weighted by atomic mass is 9.97. The molecule has 13 heavy (non-hydrogen) atoms. The third-order valence-electron chi connectivity index (χ3n) is 2.68. The maximum absolute atomic E-state index is 3.11. The smallest absolute Gasteiger partial charge is 0.00400 e. The Labute approximate surface area is 81.6 Å². The summed E-state index contributed by atoms with van der Waals surface area (Å²) < 4.78 is 0. The third-order valence-corrected chi connectivity index (χ3v) is 2.68. The first-order valence-corrected chi connectivity index (χ1v) is 5.47. The van der Waals surface area contributed by atoms with Gasteiger partial charge in [-0.15, -0.1) is 0 Å². The highest BCUT2D eigenvalue weighted by molar-refractivity contribution is 5.13. The highest BCUT2D eigenvalue weighted by Gasteiger charge is 2.04. The summed E-state index contributed by atoms with van der Waals surface area (Å²) in [6.07, 6.45) is 10.9. The fourth-order valence-electron chi connectivity index (χ4n) is 1.69. The van der Waals surface area contributed by atoms with E-state index in [1.54, 1.807) is 0 Å². The van der Waals surface area contributed by atoms with Crippen LogP contribution in [0.25, 0.3) is 0 Å². The molecule has 0 amide bonds. The number of hydrogen-bond acceptors (Lipinski definition) is 0. The molecule has 1 heterocycles. The maximum Gasteiger partial charge on any atom is 0.00400 e. The van der Waals surface area contributed by atoms with E-state index in [-0.39, 0.29) is 0 Å². The average Bonchev–Trinajstić information content (AvgIpc) is 2.65. The van der Waals surface area contributed by atoms with Gasteiger partial charge in [-0.1, -0.05) is 39.5 Å². The van der Waals surface area contributed by atoms with Gasteiger partial charge in [0.1, 0.15) is 0 Å². The van der Waals surface area contributed by atoms with Crippen molar-refractivity contribution in [1.82, 2.24) is 4.98 Å². The fourth-order valence-corrected chi connectivity index (χ4v) is 1.69. The van der Waals surface area contributed by atoms with Crippen molar-refractivity contribution < 1.29 is 0 Å². The first-order chi connectivity index (χ1) is 6.34. The summed E-state index contributed by atoms with van der Waals surface area (Å²) in [5.74, 6) is 0.725. The minimum atomic E-state index is 0.725. The van der Waals surface area contributed by atoms with E-state index in [9.17, 15) is 0 Å². The van der Waals surface area contributed by atoms with Gasteiger partial charge in [-0.3, -0.25) is 0 Å². The van der Waals surface area contributed by atoms with E-state index in [4.69, 9.17) is 0 Å². The number of nitrogens with one attached hydrogen (secondary N) is 1. The summed E-state index contributed by atoms with van der Waals surface area (Å²) in [6, 6.07) is 2.19. The predicted molar refractivity (Wildman–Crippen MR) is 58.0 cm³/mol. The van der Waals surface area contributed by atoms with Gasteiger partial charge in [0.15, 0.2) is 0 Å². The Morgan fingerprint density at radius 1 is 1.31 bits per heavy atom. The first kappa shape index (κ1) is 10.4. The normalized spacial score (nSPS) is 13.1. The number of rotatable bonds is 6. The Kier molecular flexibility index (Phi) is 4.66. The summed E-state index contributed by atoms with van der Waals surface area (Å²) in [6.45, 7) is 4.57. The van der Waals surface area contributed by atoms with E-state index < -0.39 is 0 Å². The summed E-state index contributed by atoms with van der Waals surface area (Å²) in [5, 5.41) is 0. The van der Waals surface area contributed by atoms with Crippen LogP contribution in [0.1, 0.15) is 57.4 Å². The lowest BCUT2D eigenvalue weighted by Gasteiger charge is -2.08. The maximum atomic E-state index is 3.11. The molecular formula is C12H21N. The molecule has 0 aliphatic heterocycles. The van der Waals surface area contributed by atoms with Crippen LogP contribution >= 0.6 is 0 Å².